The molecule has 2 nitrogen and oxygen atoms in total. The molecule has 2 heteroatoms. The van der Waals surface area contributed by atoms with E-state index < -0.39 is 0 Å². The van der Waals surface area contributed by atoms with Gasteiger partial charge in [0.25, 0.3) is 0 Å². The lowest BCUT2D eigenvalue weighted by atomic mass is 10.0. The minimum atomic E-state index is -0.0598. The van der Waals surface area contributed by atoms with Crippen LogP contribution >= 0.6 is 0 Å². The van der Waals surface area contributed by atoms with E-state index in [0.29, 0.717) is 0 Å². The molecule has 0 aliphatic carbocycles. The molecule has 0 radical (unpaired) electrons. The molecule has 0 atom stereocenters. The van der Waals surface area contributed by atoms with Crippen LogP contribution < -0.4 is 0 Å². The largest absolute Gasteiger partial charge is 0.335 e. The molecule has 9 aromatic rings. The van der Waals surface area contributed by atoms with Crippen LogP contribution in [0.15, 0.2) is 170 Å². The smallest absolute Gasteiger partial charge is 0.0576 e. The molecule has 52 heavy (non-hydrogen) atoms. The van der Waals surface area contributed by atoms with Crippen LogP contribution in [0.1, 0.15) is 41.5 Å². The lowest BCUT2D eigenvalue weighted by molar-refractivity contribution is 0.423. The second kappa shape index (κ2) is 13.0. The van der Waals surface area contributed by atoms with Crippen molar-refractivity contribution in [1.29, 1.82) is 0 Å². The van der Waals surface area contributed by atoms with Gasteiger partial charge in [-0.15, -0.1) is 0 Å². The Kier molecular flexibility index (Phi) is 8.35. The first-order chi connectivity index (χ1) is 25.1. The summed E-state index contributed by atoms with van der Waals surface area (Å²) in [6.07, 6.45) is 0. The van der Waals surface area contributed by atoms with E-state index in [1.165, 1.54) is 77.0 Å². The molecule has 0 saturated heterocycles. The van der Waals surface area contributed by atoms with Gasteiger partial charge >= 0.3 is 0 Å². The number of rotatable bonds is 3. The second-order valence-electron chi connectivity index (χ2n) is 15.7. The fourth-order valence-electron chi connectivity index (χ4n) is 8.05. The maximum atomic E-state index is 2.54. The van der Waals surface area contributed by atoms with Crippen LogP contribution in [-0.4, -0.2) is 9.13 Å². The summed E-state index contributed by atoms with van der Waals surface area (Å²) in [6, 6.07) is 60.9. The highest BCUT2D eigenvalue weighted by molar-refractivity contribution is 6.16. The predicted molar refractivity (Wildman–Crippen MR) is 225 cm³/mol. The van der Waals surface area contributed by atoms with Gasteiger partial charge in [0.1, 0.15) is 0 Å². The topological polar surface area (TPSA) is 9.86 Å². The number of aromatic nitrogens is 2. The number of nitrogens with zero attached hydrogens (tertiary/aromatic N) is 2. The van der Waals surface area contributed by atoms with E-state index in [9.17, 15) is 0 Å². The first kappa shape index (κ1) is 33.3. The minimum absolute atomic E-state index is 0.0201. The minimum Gasteiger partial charge on any atom is -0.335 e. The zero-order valence-electron chi connectivity index (χ0n) is 31.1. The predicted octanol–water partition coefficient (Wildman–Crippen LogP) is 14.1. The summed E-state index contributed by atoms with van der Waals surface area (Å²) in [7, 11) is 0. The van der Waals surface area contributed by atoms with Gasteiger partial charge in [-0.2, -0.15) is 0 Å². The van der Waals surface area contributed by atoms with Gasteiger partial charge < -0.3 is 9.13 Å². The summed E-state index contributed by atoms with van der Waals surface area (Å²) in [6.45, 7) is 13.7. The third kappa shape index (κ3) is 5.79. The Morgan fingerprint density at radius 1 is 0.288 bits per heavy atom. The van der Waals surface area contributed by atoms with Crippen LogP contribution in [-0.2, 0) is 11.1 Å². The summed E-state index contributed by atoms with van der Waals surface area (Å²) in [5, 5.41) is 5.29. The fourth-order valence-corrected chi connectivity index (χ4v) is 8.05. The average Bonchev–Trinajstić information content (AvgIpc) is 3.70. The van der Waals surface area contributed by atoms with Crippen LogP contribution in [0.25, 0.3) is 77.0 Å². The van der Waals surface area contributed by atoms with Crippen molar-refractivity contribution in [2.45, 2.75) is 52.6 Å². The third-order valence-electron chi connectivity index (χ3n) is 10.1. The van der Waals surface area contributed by atoms with Crippen molar-refractivity contribution in [3.05, 3.63) is 170 Å². The summed E-state index contributed by atoms with van der Waals surface area (Å²) in [4.78, 5) is 0. The molecule has 256 valence electrons. The van der Waals surface area contributed by atoms with Gasteiger partial charge in [-0.3, -0.25) is 0 Å². The van der Waals surface area contributed by atoms with Crippen molar-refractivity contribution in [3.63, 3.8) is 0 Å². The van der Waals surface area contributed by atoms with Gasteiger partial charge in [0.15, 0.2) is 0 Å². The van der Waals surface area contributed by atoms with Gasteiger partial charge in [0, 0.05) is 54.8 Å². The number of fused-ring (bicyclic) bond motifs is 6. The van der Waals surface area contributed by atoms with Crippen LogP contribution in [0.3, 0.4) is 0 Å². The molecule has 7 aromatic carbocycles. The zero-order chi connectivity index (χ0) is 36.0. The normalized spacial score (nSPS) is 12.0. The summed E-state index contributed by atoms with van der Waals surface area (Å²) in [5.74, 6) is 0. The zero-order valence-corrected chi connectivity index (χ0v) is 31.1. The number of hydrogen-bond acceptors (Lipinski definition) is 0. The second-order valence-corrected chi connectivity index (χ2v) is 15.7. The number of para-hydroxylation sites is 4. The van der Waals surface area contributed by atoms with Crippen molar-refractivity contribution in [1.82, 2.24) is 9.13 Å². The fraction of sp³-hybridized carbons (Fsp3) is 0.160. The molecule has 2 aromatic heterocycles. The quantitative estimate of drug-likeness (QED) is 0.177. The summed E-state index contributed by atoms with van der Waals surface area (Å²) >= 11 is 0. The Labute approximate surface area is 307 Å². The molecule has 0 unspecified atom stereocenters. The van der Waals surface area contributed by atoms with Gasteiger partial charge in [0.05, 0.1) is 16.6 Å². The van der Waals surface area contributed by atoms with Gasteiger partial charge in [-0.25, -0.2) is 0 Å². The van der Waals surface area contributed by atoms with E-state index in [4.69, 9.17) is 0 Å². The Morgan fingerprint density at radius 2 is 0.596 bits per heavy atom. The molecule has 0 spiro atoms. The van der Waals surface area contributed by atoms with Crippen LogP contribution in [0, 0.1) is 0 Å². The Balaban J connectivity index is 0.000000153. The van der Waals surface area contributed by atoms with Crippen LogP contribution in [0.2, 0.25) is 0 Å². The lowest BCUT2D eigenvalue weighted by Gasteiger charge is -2.26. The first-order valence-corrected chi connectivity index (χ1v) is 18.4. The molecule has 0 aliphatic heterocycles. The molecular weight excluding hydrogens is 629 g/mol. The Morgan fingerprint density at radius 3 is 0.981 bits per heavy atom. The van der Waals surface area contributed by atoms with Crippen molar-refractivity contribution < 1.29 is 0 Å². The average molecular weight is 675 g/mol. The molecule has 0 fully saturated rings. The standard InChI is InChI=1S/C28H25N.C22H21N/c1-28(2,3)29-26-22(20-12-6-4-7-13-20)16-10-18-24(26)25-19-11-17-23(27(25)29)21-14-8-5-9-15-21;1-22(2,3)23-20-15-8-7-12-18(20)19-14-9-13-17(21(19)23)16-10-5-4-6-11-16/h4-19H,1-3H3;4-15H,1-3H3. The summed E-state index contributed by atoms with van der Waals surface area (Å²) < 4.78 is 5.03. The first-order valence-electron chi connectivity index (χ1n) is 18.4. The van der Waals surface area contributed by atoms with Gasteiger partial charge in [-0.1, -0.05) is 164 Å². The van der Waals surface area contributed by atoms with Crippen molar-refractivity contribution >= 4 is 43.6 Å². The van der Waals surface area contributed by atoms with Crippen molar-refractivity contribution in [2.75, 3.05) is 0 Å². The molecule has 0 saturated carbocycles. The van der Waals surface area contributed by atoms with Crippen molar-refractivity contribution in [2.24, 2.45) is 0 Å². The molecule has 0 amide bonds. The molecule has 9 rings (SSSR count). The summed E-state index contributed by atoms with van der Waals surface area (Å²) in [5.41, 5.74) is 12.9. The maximum absolute atomic E-state index is 2.54. The monoisotopic (exact) mass is 674 g/mol. The van der Waals surface area contributed by atoms with E-state index in [0.717, 1.165) is 0 Å². The molecule has 0 N–H and O–H groups in total. The maximum Gasteiger partial charge on any atom is 0.0576 e. The number of hydrogen-bond donors (Lipinski definition) is 0. The third-order valence-corrected chi connectivity index (χ3v) is 10.1. The number of benzene rings is 7. The van der Waals surface area contributed by atoms with Gasteiger partial charge in [0.2, 0.25) is 0 Å². The van der Waals surface area contributed by atoms with E-state index in [1.807, 2.05) is 0 Å². The van der Waals surface area contributed by atoms with E-state index >= 15 is 0 Å². The van der Waals surface area contributed by atoms with Crippen molar-refractivity contribution in [3.8, 4) is 33.4 Å². The van der Waals surface area contributed by atoms with E-state index in [-0.39, 0.29) is 11.1 Å². The molecular formula is C50H46N2. The highest BCUT2D eigenvalue weighted by Crippen LogP contribution is 2.43. The Bertz CT molecular complexity index is 2570. The Hall–Kier alpha value is -5.86. The molecule has 2 heterocycles. The highest BCUT2D eigenvalue weighted by atomic mass is 15.1. The lowest BCUT2D eigenvalue weighted by Crippen LogP contribution is -2.22. The van der Waals surface area contributed by atoms with Gasteiger partial charge in [-0.05, 0) is 64.3 Å². The molecule has 0 aliphatic rings. The van der Waals surface area contributed by atoms with Crippen LogP contribution in [0.5, 0.6) is 0 Å². The highest BCUT2D eigenvalue weighted by Gasteiger charge is 2.25. The SMILES string of the molecule is CC(C)(C)n1c2c(-c3ccccc3)cccc2c2cccc(-c3ccccc3)c21.CC(C)(C)n1c2ccccc2c2cccc(-c3ccccc3)c21. The molecule has 0 bridgehead atoms. The van der Waals surface area contributed by atoms with E-state index in [1.54, 1.807) is 0 Å². The van der Waals surface area contributed by atoms with Crippen LogP contribution in [0.4, 0.5) is 0 Å². The van der Waals surface area contributed by atoms with E-state index in [2.05, 4.69) is 221 Å².